The van der Waals surface area contributed by atoms with E-state index < -0.39 is 0 Å². The smallest absolute Gasteiger partial charge is 0.257 e. The summed E-state index contributed by atoms with van der Waals surface area (Å²) in [6.45, 7) is 6.29. The Hall–Kier alpha value is -2.17. The van der Waals surface area contributed by atoms with Crippen molar-refractivity contribution in [1.82, 2.24) is 14.9 Å². The number of nitrogens with zero attached hydrogens (tertiary/aromatic N) is 3. The van der Waals surface area contributed by atoms with Crippen molar-refractivity contribution in [3.05, 3.63) is 47.4 Å². The van der Waals surface area contributed by atoms with Crippen molar-refractivity contribution in [3.8, 4) is 0 Å². The van der Waals surface area contributed by atoms with Crippen LogP contribution in [0.2, 0.25) is 0 Å². The Balaban J connectivity index is 2.24. The van der Waals surface area contributed by atoms with Crippen LogP contribution in [0, 0.1) is 6.92 Å². The quantitative estimate of drug-likeness (QED) is 0.859. The van der Waals surface area contributed by atoms with E-state index in [9.17, 15) is 4.79 Å². The van der Waals surface area contributed by atoms with Crippen LogP contribution in [0.1, 0.15) is 47.4 Å². The fourth-order valence-corrected chi connectivity index (χ4v) is 2.01. The summed E-state index contributed by atoms with van der Waals surface area (Å²) >= 11 is 0. The Labute approximate surface area is 118 Å². The molecule has 2 heterocycles. The van der Waals surface area contributed by atoms with Crippen LogP contribution in [0.5, 0.6) is 0 Å². The second-order valence-corrected chi connectivity index (χ2v) is 5.11. The molecule has 0 N–H and O–H groups in total. The minimum Gasteiger partial charge on any atom is -0.467 e. The van der Waals surface area contributed by atoms with Gasteiger partial charge in [-0.15, -0.1) is 0 Å². The third-order valence-corrected chi connectivity index (χ3v) is 3.04. The first-order chi connectivity index (χ1) is 9.49. The predicted octanol–water partition coefficient (Wildman–Crippen LogP) is 2.77. The van der Waals surface area contributed by atoms with Crippen LogP contribution in [-0.4, -0.2) is 27.8 Å². The van der Waals surface area contributed by atoms with E-state index in [-0.39, 0.29) is 11.8 Å². The topological polar surface area (TPSA) is 59.2 Å². The van der Waals surface area contributed by atoms with E-state index >= 15 is 0 Å². The van der Waals surface area contributed by atoms with Gasteiger partial charge in [-0.25, -0.2) is 9.97 Å². The summed E-state index contributed by atoms with van der Waals surface area (Å²) in [6.07, 6.45) is 3.21. The van der Waals surface area contributed by atoms with Gasteiger partial charge >= 0.3 is 0 Å². The molecule has 0 aliphatic rings. The lowest BCUT2D eigenvalue weighted by atomic mass is 10.0. The average Bonchev–Trinajstić information content (AvgIpc) is 2.90. The number of rotatable bonds is 4. The Bertz CT molecular complexity index is 591. The predicted molar refractivity (Wildman–Crippen MR) is 75.4 cm³/mol. The number of carbonyl (C=O) groups excluding carboxylic acids is 1. The molecule has 0 aromatic carbocycles. The first-order valence-corrected chi connectivity index (χ1v) is 6.60. The summed E-state index contributed by atoms with van der Waals surface area (Å²) < 4.78 is 5.26. The Morgan fingerprint density at radius 2 is 2.20 bits per heavy atom. The van der Waals surface area contributed by atoms with Crippen LogP contribution in [0.3, 0.4) is 0 Å². The van der Waals surface area contributed by atoms with Crippen molar-refractivity contribution in [1.29, 1.82) is 0 Å². The highest BCUT2D eigenvalue weighted by Gasteiger charge is 2.20. The number of amides is 1. The summed E-state index contributed by atoms with van der Waals surface area (Å²) in [5.74, 6) is 1.51. The normalized spacial score (nSPS) is 10.8. The summed E-state index contributed by atoms with van der Waals surface area (Å²) in [5.41, 5.74) is 1.34. The van der Waals surface area contributed by atoms with Crippen molar-refractivity contribution >= 4 is 5.91 Å². The lowest BCUT2D eigenvalue weighted by Gasteiger charge is -2.18. The molecular weight excluding hydrogens is 254 g/mol. The van der Waals surface area contributed by atoms with E-state index in [0.717, 1.165) is 11.5 Å². The van der Waals surface area contributed by atoms with Gasteiger partial charge < -0.3 is 9.32 Å². The van der Waals surface area contributed by atoms with Crippen LogP contribution < -0.4 is 0 Å². The lowest BCUT2D eigenvalue weighted by molar-refractivity contribution is 0.0773. The lowest BCUT2D eigenvalue weighted by Crippen LogP contribution is -2.28. The largest absolute Gasteiger partial charge is 0.467 e. The summed E-state index contributed by atoms with van der Waals surface area (Å²) in [6, 6.07) is 3.65. The van der Waals surface area contributed by atoms with Gasteiger partial charge in [0.1, 0.15) is 11.6 Å². The molecule has 0 atom stereocenters. The third kappa shape index (κ3) is 3.04. The fraction of sp³-hybridized carbons (Fsp3) is 0.400. The van der Waals surface area contributed by atoms with Gasteiger partial charge in [0.2, 0.25) is 0 Å². The van der Waals surface area contributed by atoms with Crippen LogP contribution >= 0.6 is 0 Å². The Kier molecular flexibility index (Phi) is 4.17. The van der Waals surface area contributed by atoms with Gasteiger partial charge in [-0.1, -0.05) is 13.8 Å². The van der Waals surface area contributed by atoms with E-state index in [4.69, 9.17) is 4.42 Å². The van der Waals surface area contributed by atoms with E-state index in [1.54, 1.807) is 24.4 Å². The molecule has 0 fully saturated rings. The molecule has 5 nitrogen and oxygen atoms in total. The molecule has 106 valence electrons. The third-order valence-electron chi connectivity index (χ3n) is 3.04. The molecule has 0 unspecified atom stereocenters. The highest BCUT2D eigenvalue weighted by Crippen LogP contribution is 2.18. The van der Waals surface area contributed by atoms with Gasteiger partial charge in [0.25, 0.3) is 5.91 Å². The summed E-state index contributed by atoms with van der Waals surface area (Å²) in [4.78, 5) is 22.7. The number of hydrogen-bond acceptors (Lipinski definition) is 4. The van der Waals surface area contributed by atoms with Gasteiger partial charge in [0.05, 0.1) is 24.1 Å². The van der Waals surface area contributed by atoms with Crippen molar-refractivity contribution in [2.75, 3.05) is 7.05 Å². The standard InChI is InChI=1S/C15H19N3O2/c1-10(2)14-13(8-16-11(3)17-14)15(19)18(4)9-12-6-5-7-20-12/h5-8,10H,9H2,1-4H3. The Morgan fingerprint density at radius 1 is 1.45 bits per heavy atom. The molecule has 0 aliphatic carbocycles. The number of hydrogen-bond donors (Lipinski definition) is 0. The molecule has 2 aromatic rings. The molecule has 20 heavy (non-hydrogen) atoms. The van der Waals surface area contributed by atoms with Crippen LogP contribution in [-0.2, 0) is 6.54 Å². The second kappa shape index (κ2) is 5.86. The SMILES string of the molecule is Cc1ncc(C(=O)N(C)Cc2ccco2)c(C(C)C)n1. The van der Waals surface area contributed by atoms with Gasteiger partial charge in [0.15, 0.2) is 0 Å². The maximum atomic E-state index is 12.5. The highest BCUT2D eigenvalue weighted by atomic mass is 16.3. The first kappa shape index (κ1) is 14.2. The molecule has 0 saturated heterocycles. The highest BCUT2D eigenvalue weighted by molar-refractivity contribution is 5.94. The van der Waals surface area contributed by atoms with Gasteiger partial charge in [-0.05, 0) is 25.0 Å². The zero-order valence-electron chi connectivity index (χ0n) is 12.3. The molecule has 0 aliphatic heterocycles. The molecule has 1 amide bonds. The second-order valence-electron chi connectivity index (χ2n) is 5.11. The van der Waals surface area contributed by atoms with E-state index in [2.05, 4.69) is 9.97 Å². The average molecular weight is 273 g/mol. The van der Waals surface area contributed by atoms with Crippen molar-refractivity contribution in [3.63, 3.8) is 0 Å². The van der Waals surface area contributed by atoms with Crippen LogP contribution in [0.4, 0.5) is 0 Å². The van der Waals surface area contributed by atoms with Gasteiger partial charge in [0, 0.05) is 13.2 Å². The van der Waals surface area contributed by atoms with Gasteiger partial charge in [-0.3, -0.25) is 4.79 Å². The number of furan rings is 1. The maximum absolute atomic E-state index is 12.5. The molecule has 0 saturated carbocycles. The number of carbonyl (C=O) groups is 1. The first-order valence-electron chi connectivity index (χ1n) is 6.60. The molecule has 0 bridgehead atoms. The maximum Gasteiger partial charge on any atom is 0.257 e. The molecule has 5 heteroatoms. The zero-order chi connectivity index (χ0) is 14.7. The Morgan fingerprint density at radius 3 is 2.80 bits per heavy atom. The summed E-state index contributed by atoms with van der Waals surface area (Å²) in [7, 11) is 1.74. The summed E-state index contributed by atoms with van der Waals surface area (Å²) in [5, 5.41) is 0. The van der Waals surface area contributed by atoms with E-state index in [1.807, 2.05) is 32.9 Å². The van der Waals surface area contributed by atoms with Crippen LogP contribution in [0.15, 0.2) is 29.0 Å². The fourth-order valence-electron chi connectivity index (χ4n) is 2.01. The molecule has 0 spiro atoms. The van der Waals surface area contributed by atoms with E-state index in [0.29, 0.717) is 17.9 Å². The minimum atomic E-state index is -0.0925. The van der Waals surface area contributed by atoms with Crippen LogP contribution in [0.25, 0.3) is 0 Å². The van der Waals surface area contributed by atoms with Crippen molar-refractivity contribution in [2.24, 2.45) is 0 Å². The monoisotopic (exact) mass is 273 g/mol. The molecule has 0 radical (unpaired) electrons. The van der Waals surface area contributed by atoms with Gasteiger partial charge in [-0.2, -0.15) is 0 Å². The van der Waals surface area contributed by atoms with Crippen molar-refractivity contribution in [2.45, 2.75) is 33.2 Å². The minimum absolute atomic E-state index is 0.0925. The van der Waals surface area contributed by atoms with Crippen molar-refractivity contribution < 1.29 is 9.21 Å². The van der Waals surface area contributed by atoms with E-state index in [1.165, 1.54) is 0 Å². The molecular formula is C15H19N3O2. The molecule has 2 aromatic heterocycles. The zero-order valence-corrected chi connectivity index (χ0v) is 12.3. The number of aryl methyl sites for hydroxylation is 1. The molecule has 2 rings (SSSR count). The number of aromatic nitrogens is 2.